The third kappa shape index (κ3) is 2.31. The largest absolute Gasteiger partial charge is 0.493 e. The molecule has 2 heterocycles. The molecule has 112 valence electrons. The number of methoxy groups -OCH3 is 1. The summed E-state index contributed by atoms with van der Waals surface area (Å²) in [6, 6.07) is 5.49. The van der Waals surface area contributed by atoms with Crippen molar-refractivity contribution >= 4 is 0 Å². The second-order valence-corrected chi connectivity index (χ2v) is 4.69. The van der Waals surface area contributed by atoms with Crippen LogP contribution in [0.4, 0.5) is 0 Å². The van der Waals surface area contributed by atoms with Crippen molar-refractivity contribution in [2.45, 2.75) is 19.6 Å². The second-order valence-electron chi connectivity index (χ2n) is 4.69. The molecule has 1 N–H and O–H groups in total. The van der Waals surface area contributed by atoms with E-state index in [1.807, 2.05) is 25.1 Å². The molecule has 0 bridgehead atoms. The van der Waals surface area contributed by atoms with Crippen LogP contribution in [0, 0.1) is 0 Å². The average molecular weight is 290 g/mol. The number of aryl methyl sites for hydroxylation is 1. The molecular weight excluding hydrogens is 272 g/mol. The van der Waals surface area contributed by atoms with E-state index in [0.29, 0.717) is 48.3 Å². The van der Waals surface area contributed by atoms with E-state index in [9.17, 15) is 5.11 Å². The number of aromatic nitrogens is 2. The van der Waals surface area contributed by atoms with E-state index < -0.39 is 6.10 Å². The normalized spacial score (nSPS) is 14.8. The summed E-state index contributed by atoms with van der Waals surface area (Å²) in [4.78, 5) is 0. The fourth-order valence-corrected chi connectivity index (χ4v) is 2.52. The Kier molecular flexibility index (Phi) is 3.70. The summed E-state index contributed by atoms with van der Waals surface area (Å²) in [5.41, 5.74) is 1.27. The molecule has 2 aromatic rings. The number of aliphatic hydroxyl groups is 1. The molecule has 1 aromatic heterocycles. The minimum atomic E-state index is -0.890. The number of nitrogens with zero attached hydrogens (tertiary/aromatic N) is 2. The quantitative estimate of drug-likeness (QED) is 0.929. The number of ether oxygens (including phenoxy) is 3. The summed E-state index contributed by atoms with van der Waals surface area (Å²) in [7, 11) is 1.56. The summed E-state index contributed by atoms with van der Waals surface area (Å²) in [6.45, 7) is 3.59. The lowest BCUT2D eigenvalue weighted by atomic mass is 10.0. The van der Waals surface area contributed by atoms with Crippen molar-refractivity contribution in [3.63, 3.8) is 0 Å². The van der Waals surface area contributed by atoms with E-state index in [2.05, 4.69) is 5.10 Å². The molecule has 0 fully saturated rings. The van der Waals surface area contributed by atoms with Gasteiger partial charge >= 0.3 is 0 Å². The first-order valence-electron chi connectivity index (χ1n) is 6.92. The van der Waals surface area contributed by atoms with Crippen LogP contribution in [-0.4, -0.2) is 35.2 Å². The summed E-state index contributed by atoms with van der Waals surface area (Å²) in [6.07, 6.45) is 0.716. The smallest absolute Gasteiger partial charge is 0.167 e. The maximum absolute atomic E-state index is 10.8. The molecule has 0 radical (unpaired) electrons. The van der Waals surface area contributed by atoms with Crippen LogP contribution in [0.25, 0.3) is 0 Å². The van der Waals surface area contributed by atoms with Gasteiger partial charge in [0.2, 0.25) is 0 Å². The Morgan fingerprint density at radius 2 is 2.19 bits per heavy atom. The summed E-state index contributed by atoms with van der Waals surface area (Å²) >= 11 is 0. The maximum Gasteiger partial charge on any atom is 0.167 e. The van der Waals surface area contributed by atoms with Crippen LogP contribution in [0.15, 0.2) is 24.4 Å². The zero-order valence-electron chi connectivity index (χ0n) is 12.1. The number of benzene rings is 1. The van der Waals surface area contributed by atoms with Crippen LogP contribution in [0.3, 0.4) is 0 Å². The SMILES string of the molecule is CCn1ncc(OC)c1C(O)c1cccc2c1OCCO2. The zero-order chi connectivity index (χ0) is 14.8. The molecule has 1 atom stereocenters. The van der Waals surface area contributed by atoms with Gasteiger partial charge in [0, 0.05) is 12.1 Å². The Hall–Kier alpha value is -2.21. The van der Waals surface area contributed by atoms with Gasteiger partial charge in [-0.05, 0) is 13.0 Å². The molecule has 1 aliphatic heterocycles. The molecule has 6 nitrogen and oxygen atoms in total. The number of rotatable bonds is 4. The van der Waals surface area contributed by atoms with Crippen molar-refractivity contribution in [2.24, 2.45) is 0 Å². The molecule has 1 aromatic carbocycles. The minimum absolute atomic E-state index is 0.473. The van der Waals surface area contributed by atoms with Gasteiger partial charge in [-0.25, -0.2) is 0 Å². The van der Waals surface area contributed by atoms with E-state index in [0.717, 1.165) is 0 Å². The van der Waals surface area contributed by atoms with E-state index in [1.165, 1.54) is 0 Å². The molecule has 0 saturated heterocycles. The maximum atomic E-state index is 10.8. The number of aliphatic hydroxyl groups excluding tert-OH is 1. The van der Waals surface area contributed by atoms with Crippen molar-refractivity contribution in [3.8, 4) is 17.2 Å². The Morgan fingerprint density at radius 3 is 2.95 bits per heavy atom. The first kappa shape index (κ1) is 13.8. The summed E-state index contributed by atoms with van der Waals surface area (Å²) < 4.78 is 18.2. The number of fused-ring (bicyclic) bond motifs is 1. The standard InChI is InChI=1S/C15H18N2O4/c1-3-17-13(12(19-2)9-16-17)14(18)10-5-4-6-11-15(10)21-8-7-20-11/h4-6,9,14,18H,3,7-8H2,1-2H3. The van der Waals surface area contributed by atoms with Crippen LogP contribution in [0.5, 0.6) is 17.2 Å². The molecule has 0 saturated carbocycles. The van der Waals surface area contributed by atoms with E-state index >= 15 is 0 Å². The van der Waals surface area contributed by atoms with Crippen LogP contribution < -0.4 is 14.2 Å². The van der Waals surface area contributed by atoms with Gasteiger partial charge in [-0.1, -0.05) is 12.1 Å². The van der Waals surface area contributed by atoms with Gasteiger partial charge in [0.1, 0.15) is 25.0 Å². The van der Waals surface area contributed by atoms with E-state index in [-0.39, 0.29) is 0 Å². The Bertz CT molecular complexity index is 617. The molecule has 1 aliphatic rings. The topological polar surface area (TPSA) is 65.7 Å². The van der Waals surface area contributed by atoms with Crippen molar-refractivity contribution in [3.05, 3.63) is 35.7 Å². The van der Waals surface area contributed by atoms with Crippen LogP contribution in [-0.2, 0) is 6.54 Å². The highest BCUT2D eigenvalue weighted by Gasteiger charge is 2.26. The predicted molar refractivity (Wildman–Crippen MR) is 75.9 cm³/mol. The first-order chi connectivity index (χ1) is 10.3. The molecule has 1 unspecified atom stereocenters. The molecule has 21 heavy (non-hydrogen) atoms. The van der Waals surface area contributed by atoms with Crippen LogP contribution >= 0.6 is 0 Å². The molecular formula is C15H18N2O4. The van der Waals surface area contributed by atoms with Gasteiger partial charge in [0.05, 0.1) is 13.3 Å². The lowest BCUT2D eigenvalue weighted by molar-refractivity contribution is 0.155. The molecule has 3 rings (SSSR count). The van der Waals surface area contributed by atoms with Gasteiger partial charge < -0.3 is 19.3 Å². The lowest BCUT2D eigenvalue weighted by Gasteiger charge is -2.23. The number of para-hydroxylation sites is 1. The predicted octanol–water partition coefficient (Wildman–Crippen LogP) is 1.76. The van der Waals surface area contributed by atoms with Crippen molar-refractivity contribution in [2.75, 3.05) is 20.3 Å². The van der Waals surface area contributed by atoms with Crippen LogP contribution in [0.1, 0.15) is 24.3 Å². The van der Waals surface area contributed by atoms with Gasteiger partial charge in [0.15, 0.2) is 17.2 Å². The van der Waals surface area contributed by atoms with Gasteiger partial charge in [-0.3, -0.25) is 4.68 Å². The molecule has 0 amide bonds. The third-order valence-corrected chi connectivity index (χ3v) is 3.51. The fourth-order valence-electron chi connectivity index (χ4n) is 2.52. The third-order valence-electron chi connectivity index (χ3n) is 3.51. The molecule has 0 spiro atoms. The van der Waals surface area contributed by atoms with Gasteiger partial charge in [-0.15, -0.1) is 0 Å². The monoisotopic (exact) mass is 290 g/mol. The second kappa shape index (κ2) is 5.65. The van der Waals surface area contributed by atoms with Crippen molar-refractivity contribution in [1.82, 2.24) is 9.78 Å². The fraction of sp³-hybridized carbons (Fsp3) is 0.400. The van der Waals surface area contributed by atoms with Crippen molar-refractivity contribution in [1.29, 1.82) is 0 Å². The average Bonchev–Trinajstić information content (AvgIpc) is 2.96. The highest BCUT2D eigenvalue weighted by molar-refractivity contribution is 5.51. The molecule has 0 aliphatic carbocycles. The van der Waals surface area contributed by atoms with E-state index in [1.54, 1.807) is 18.0 Å². The summed E-state index contributed by atoms with van der Waals surface area (Å²) in [5, 5.41) is 15.0. The van der Waals surface area contributed by atoms with Crippen LogP contribution in [0.2, 0.25) is 0 Å². The van der Waals surface area contributed by atoms with Crippen molar-refractivity contribution < 1.29 is 19.3 Å². The zero-order valence-corrected chi connectivity index (χ0v) is 12.1. The Morgan fingerprint density at radius 1 is 1.38 bits per heavy atom. The highest BCUT2D eigenvalue weighted by atomic mass is 16.6. The number of hydrogen-bond donors (Lipinski definition) is 1. The highest BCUT2D eigenvalue weighted by Crippen LogP contribution is 2.40. The van der Waals surface area contributed by atoms with Gasteiger partial charge in [0.25, 0.3) is 0 Å². The first-order valence-corrected chi connectivity index (χ1v) is 6.92. The van der Waals surface area contributed by atoms with E-state index in [4.69, 9.17) is 14.2 Å². The Labute approximate surface area is 122 Å². The Balaban J connectivity index is 2.07. The summed E-state index contributed by atoms with van der Waals surface area (Å²) in [5.74, 6) is 1.79. The minimum Gasteiger partial charge on any atom is -0.493 e. The van der Waals surface area contributed by atoms with Gasteiger partial charge in [-0.2, -0.15) is 5.10 Å². The number of hydrogen-bond acceptors (Lipinski definition) is 5. The molecule has 6 heteroatoms. The lowest BCUT2D eigenvalue weighted by Crippen LogP contribution is -2.18.